The Morgan fingerprint density at radius 2 is 1.13 bits per heavy atom. The lowest BCUT2D eigenvalue weighted by atomic mass is 10.1. The summed E-state index contributed by atoms with van der Waals surface area (Å²) in [5, 5.41) is 12.1. The molecule has 0 radical (unpaired) electrons. The summed E-state index contributed by atoms with van der Waals surface area (Å²) < 4.78 is 13.5. The predicted molar refractivity (Wildman–Crippen MR) is 217 cm³/mol. The van der Waals surface area contributed by atoms with Crippen molar-refractivity contribution < 1.29 is 4.39 Å². The average molecular weight is 748 g/mol. The lowest BCUT2D eigenvalue weighted by Gasteiger charge is -2.12. The van der Waals surface area contributed by atoms with Gasteiger partial charge in [0.1, 0.15) is 23.0 Å². The van der Waals surface area contributed by atoms with E-state index < -0.39 is 5.95 Å². The van der Waals surface area contributed by atoms with Gasteiger partial charge < -0.3 is 10.6 Å². The van der Waals surface area contributed by atoms with Gasteiger partial charge in [-0.2, -0.15) is 4.39 Å². The molecule has 9 aromatic rings. The number of pyridine rings is 2. The highest BCUT2D eigenvalue weighted by Gasteiger charge is 2.14. The third kappa shape index (κ3) is 7.78. The van der Waals surface area contributed by atoms with Gasteiger partial charge in [-0.3, -0.25) is 4.98 Å². The smallest absolute Gasteiger partial charge is 0.213 e. The van der Waals surface area contributed by atoms with Gasteiger partial charge in [0.05, 0.1) is 11.0 Å². The summed E-state index contributed by atoms with van der Waals surface area (Å²) in [7, 11) is 0. The van der Waals surface area contributed by atoms with Crippen LogP contribution >= 0.6 is 23.2 Å². The number of aromatic nitrogens is 6. The molecule has 2 N–H and O–H groups in total. The Balaban J connectivity index is 0.000000155. The number of rotatable bonds is 7. The maximum Gasteiger partial charge on any atom is 0.213 e. The second-order valence-electron chi connectivity index (χ2n) is 12.2. The van der Waals surface area contributed by atoms with E-state index in [1.54, 1.807) is 30.5 Å². The highest BCUT2D eigenvalue weighted by molar-refractivity contribution is 6.30. The molecule has 0 saturated heterocycles. The SMILES string of the molecule is Clc1ccc(CNc2nc(-c3nccc4ccccc34)nc3ccccc23)cc1.Fc1cccc(-c2nc(Nc3ccc(Cl)cc3)c3ccccc3n2)n1. The first-order valence-electron chi connectivity index (χ1n) is 17.0. The van der Waals surface area contributed by atoms with Crippen LogP contribution in [0.1, 0.15) is 5.56 Å². The summed E-state index contributed by atoms with van der Waals surface area (Å²) >= 11 is 11.9. The van der Waals surface area contributed by atoms with Crippen LogP contribution in [-0.4, -0.2) is 29.9 Å². The van der Waals surface area contributed by atoms with Gasteiger partial charge >= 0.3 is 0 Å². The second kappa shape index (κ2) is 15.6. The Kier molecular flexibility index (Phi) is 9.97. The van der Waals surface area contributed by atoms with E-state index in [-0.39, 0.29) is 0 Å². The van der Waals surface area contributed by atoms with Gasteiger partial charge in [-0.15, -0.1) is 0 Å². The third-order valence-corrected chi connectivity index (χ3v) is 9.02. The molecule has 262 valence electrons. The molecule has 8 nitrogen and oxygen atoms in total. The van der Waals surface area contributed by atoms with Crippen LogP contribution in [0.3, 0.4) is 0 Å². The second-order valence-corrected chi connectivity index (χ2v) is 13.0. The molecule has 0 aliphatic heterocycles. The van der Waals surface area contributed by atoms with Crippen molar-refractivity contribution in [1.82, 2.24) is 29.9 Å². The van der Waals surface area contributed by atoms with Crippen molar-refractivity contribution in [3.63, 3.8) is 0 Å². The molecule has 11 heteroatoms. The minimum Gasteiger partial charge on any atom is -0.365 e. The van der Waals surface area contributed by atoms with E-state index in [2.05, 4.69) is 42.7 Å². The van der Waals surface area contributed by atoms with E-state index in [0.29, 0.717) is 34.7 Å². The van der Waals surface area contributed by atoms with Crippen molar-refractivity contribution in [3.8, 4) is 23.0 Å². The lowest BCUT2D eigenvalue weighted by Crippen LogP contribution is -2.04. The van der Waals surface area contributed by atoms with Crippen molar-refractivity contribution in [2.75, 3.05) is 10.6 Å². The Hall–Kier alpha value is -6.55. The maximum atomic E-state index is 13.5. The van der Waals surface area contributed by atoms with Gasteiger partial charge in [0.25, 0.3) is 0 Å². The van der Waals surface area contributed by atoms with Crippen LogP contribution in [0.5, 0.6) is 0 Å². The number of para-hydroxylation sites is 2. The molecule has 0 unspecified atom stereocenters. The number of anilines is 3. The Labute approximate surface area is 319 Å². The molecule has 0 aliphatic rings. The largest absolute Gasteiger partial charge is 0.365 e. The number of nitrogens with zero attached hydrogens (tertiary/aromatic N) is 6. The van der Waals surface area contributed by atoms with Crippen LogP contribution < -0.4 is 10.6 Å². The zero-order chi connectivity index (χ0) is 36.9. The molecule has 0 bridgehead atoms. The molecule has 5 aromatic carbocycles. The van der Waals surface area contributed by atoms with Crippen LogP contribution in [0.2, 0.25) is 10.0 Å². The first-order chi connectivity index (χ1) is 26.5. The van der Waals surface area contributed by atoms with Gasteiger partial charge in [-0.05, 0) is 89.8 Å². The molecule has 0 saturated carbocycles. The van der Waals surface area contributed by atoms with Gasteiger partial charge in [0, 0.05) is 44.6 Å². The molecule has 0 fully saturated rings. The number of nitrogens with one attached hydrogen (secondary N) is 2. The quantitative estimate of drug-likeness (QED) is 0.155. The van der Waals surface area contributed by atoms with Crippen molar-refractivity contribution in [1.29, 1.82) is 0 Å². The van der Waals surface area contributed by atoms with Crippen LogP contribution in [0.4, 0.5) is 21.7 Å². The number of hydrogen-bond donors (Lipinski definition) is 2. The Morgan fingerprint density at radius 1 is 0.519 bits per heavy atom. The zero-order valence-electron chi connectivity index (χ0n) is 28.5. The van der Waals surface area contributed by atoms with Crippen LogP contribution in [0.25, 0.3) is 55.6 Å². The number of benzene rings is 5. The normalized spacial score (nSPS) is 10.9. The highest BCUT2D eigenvalue weighted by atomic mass is 35.5. The zero-order valence-corrected chi connectivity index (χ0v) is 30.0. The first-order valence-corrected chi connectivity index (χ1v) is 17.7. The average Bonchev–Trinajstić information content (AvgIpc) is 3.21. The van der Waals surface area contributed by atoms with Gasteiger partial charge in [0.2, 0.25) is 5.95 Å². The van der Waals surface area contributed by atoms with Crippen molar-refractivity contribution in [2.45, 2.75) is 6.54 Å². The molecule has 54 heavy (non-hydrogen) atoms. The van der Waals surface area contributed by atoms with Crippen LogP contribution in [0.15, 0.2) is 152 Å². The number of hydrogen-bond acceptors (Lipinski definition) is 8. The number of fused-ring (bicyclic) bond motifs is 3. The van der Waals surface area contributed by atoms with Crippen LogP contribution in [-0.2, 0) is 6.54 Å². The number of halogens is 3. The molecule has 0 aliphatic carbocycles. The molecular formula is C43H29Cl2FN8. The summed E-state index contributed by atoms with van der Waals surface area (Å²) in [5.41, 5.74) is 4.75. The molecule has 0 amide bonds. The molecule has 9 rings (SSSR count). The minimum absolute atomic E-state index is 0.356. The fourth-order valence-electron chi connectivity index (χ4n) is 5.89. The molecule has 0 atom stereocenters. The van der Waals surface area contributed by atoms with E-state index in [1.807, 2.05) is 103 Å². The van der Waals surface area contributed by atoms with E-state index in [0.717, 1.165) is 60.4 Å². The molecule has 0 spiro atoms. The standard InChI is InChI=1S/C24H17ClN4.C19H12ClFN4/c25-18-11-9-16(10-12-18)15-27-23-20-7-3-4-8-21(20)28-24(29-23)22-19-6-2-1-5-17(19)13-14-26-22;20-12-8-10-13(11-9-12)22-18-14-4-1-2-5-15(14)24-19(25-18)16-6-3-7-17(21)23-16/h1-14H,15H2,(H,27,28,29);1-11H,(H,22,24,25). The van der Waals surface area contributed by atoms with Crippen molar-refractivity contribution >= 4 is 73.1 Å². The van der Waals surface area contributed by atoms with E-state index in [1.165, 1.54) is 6.07 Å². The van der Waals surface area contributed by atoms with Gasteiger partial charge in [0.15, 0.2) is 11.6 Å². The van der Waals surface area contributed by atoms with Gasteiger partial charge in [-0.25, -0.2) is 24.9 Å². The summed E-state index contributed by atoms with van der Waals surface area (Å²) in [6.07, 6.45) is 1.80. The fourth-order valence-corrected chi connectivity index (χ4v) is 6.14. The summed E-state index contributed by atoms with van der Waals surface area (Å²) in [4.78, 5) is 27.1. The summed E-state index contributed by atoms with van der Waals surface area (Å²) in [6.45, 7) is 0.639. The summed E-state index contributed by atoms with van der Waals surface area (Å²) in [5.74, 6) is 1.81. The molecular weight excluding hydrogens is 718 g/mol. The maximum absolute atomic E-state index is 13.5. The lowest BCUT2D eigenvalue weighted by molar-refractivity contribution is 0.585. The molecule has 4 heterocycles. The van der Waals surface area contributed by atoms with E-state index >= 15 is 0 Å². The molecule has 4 aromatic heterocycles. The Morgan fingerprint density at radius 3 is 1.85 bits per heavy atom. The van der Waals surface area contributed by atoms with Gasteiger partial charge in [-0.1, -0.05) is 89.9 Å². The van der Waals surface area contributed by atoms with Crippen molar-refractivity contribution in [2.24, 2.45) is 0 Å². The third-order valence-electron chi connectivity index (χ3n) is 8.52. The van der Waals surface area contributed by atoms with Crippen molar-refractivity contribution in [3.05, 3.63) is 173 Å². The first kappa shape index (κ1) is 34.5. The highest BCUT2D eigenvalue weighted by Crippen LogP contribution is 2.30. The predicted octanol–water partition coefficient (Wildman–Crippen LogP) is 11.3. The van der Waals surface area contributed by atoms with Crippen LogP contribution in [0, 0.1) is 5.95 Å². The summed E-state index contributed by atoms with van der Waals surface area (Å²) in [6, 6.07) is 45.4. The fraction of sp³-hybridized carbons (Fsp3) is 0.0233. The topological polar surface area (TPSA) is 101 Å². The van der Waals surface area contributed by atoms with E-state index in [9.17, 15) is 4.39 Å². The van der Waals surface area contributed by atoms with E-state index in [4.69, 9.17) is 33.2 Å². The monoisotopic (exact) mass is 746 g/mol. The minimum atomic E-state index is -0.568. The Bertz CT molecular complexity index is 2740.